The van der Waals surface area contributed by atoms with Gasteiger partial charge in [0, 0.05) is 0 Å². The van der Waals surface area contributed by atoms with Gasteiger partial charge in [-0.05, 0) is 12.1 Å². The number of carbonyl (C=O) groups is 1. The summed E-state index contributed by atoms with van der Waals surface area (Å²) in [4.78, 5) is 15.7. The Bertz CT molecular complexity index is 529. The number of carbonyl (C=O) groups excluding carboxylic acids is 1. The van der Waals surface area contributed by atoms with Crippen LogP contribution in [0.15, 0.2) is 23.1 Å². The number of benzene rings is 1. The Hall–Kier alpha value is -0.910. The van der Waals surface area contributed by atoms with E-state index in [2.05, 4.69) is 8.43 Å². The second-order valence-corrected chi connectivity index (χ2v) is 4.61. The van der Waals surface area contributed by atoms with Crippen LogP contribution < -0.4 is 8.53 Å². The van der Waals surface area contributed by atoms with Crippen molar-refractivity contribution in [1.82, 2.24) is 3.69 Å². The van der Waals surface area contributed by atoms with Crippen molar-refractivity contribution in [2.75, 3.05) is 7.11 Å². The summed E-state index contributed by atoms with van der Waals surface area (Å²) in [5.74, 6) is -1.10. The minimum absolute atomic E-state index is 0.119. The van der Waals surface area contributed by atoms with Crippen LogP contribution in [0.3, 0.4) is 0 Å². The van der Waals surface area contributed by atoms with Crippen LogP contribution in [0.5, 0.6) is 5.75 Å². The molecule has 9 heteroatoms. The van der Waals surface area contributed by atoms with Gasteiger partial charge in [-0.3, -0.25) is 4.55 Å². The minimum Gasteiger partial charge on any atom is -0.465 e. The SMILES string of the molecule is COC(=O)c1cccc(S(=O)(=O)O)c1ONI. The molecule has 0 radical (unpaired) electrons. The molecule has 0 amide bonds. The third-order valence-electron chi connectivity index (χ3n) is 1.80. The van der Waals surface area contributed by atoms with E-state index in [-0.39, 0.29) is 11.3 Å². The summed E-state index contributed by atoms with van der Waals surface area (Å²) < 4.78 is 37.8. The molecule has 1 aromatic rings. The highest BCUT2D eigenvalue weighted by atomic mass is 127. The maximum atomic E-state index is 11.4. The lowest BCUT2D eigenvalue weighted by atomic mass is 10.2. The first-order valence-corrected chi connectivity index (χ1v) is 6.65. The van der Waals surface area contributed by atoms with E-state index in [4.69, 9.17) is 9.39 Å². The summed E-state index contributed by atoms with van der Waals surface area (Å²) in [6.45, 7) is 0. The van der Waals surface area contributed by atoms with E-state index in [0.29, 0.717) is 0 Å². The monoisotopic (exact) mass is 373 g/mol. The highest BCUT2D eigenvalue weighted by Gasteiger charge is 2.24. The van der Waals surface area contributed by atoms with Crippen molar-refractivity contribution in [3.05, 3.63) is 23.8 Å². The van der Waals surface area contributed by atoms with E-state index in [1.54, 1.807) is 22.9 Å². The van der Waals surface area contributed by atoms with Crippen LogP contribution in [0.25, 0.3) is 0 Å². The van der Waals surface area contributed by atoms with Crippen LogP contribution in [0, 0.1) is 0 Å². The van der Waals surface area contributed by atoms with Crippen molar-refractivity contribution in [3.8, 4) is 5.75 Å². The molecule has 7 nitrogen and oxygen atoms in total. The van der Waals surface area contributed by atoms with Crippen molar-refractivity contribution >= 4 is 39.0 Å². The molecule has 0 unspecified atom stereocenters. The Morgan fingerprint density at radius 2 is 2.12 bits per heavy atom. The molecule has 17 heavy (non-hydrogen) atoms. The van der Waals surface area contributed by atoms with Gasteiger partial charge in [-0.2, -0.15) is 8.42 Å². The Labute approximate surface area is 111 Å². The van der Waals surface area contributed by atoms with Gasteiger partial charge in [0.15, 0.2) is 5.75 Å². The summed E-state index contributed by atoms with van der Waals surface area (Å²) in [6, 6.07) is 3.70. The average Bonchev–Trinajstić information content (AvgIpc) is 2.27. The lowest BCUT2D eigenvalue weighted by molar-refractivity contribution is 0.0594. The molecule has 0 atom stereocenters. The standard InChI is InChI=1S/C8H8INO6S/c1-15-8(11)5-3-2-4-6(17(12,13)14)7(5)16-10-9/h2-4,10H,1H3,(H,12,13,14). The second kappa shape index (κ2) is 5.62. The number of hydrogen-bond acceptors (Lipinski definition) is 6. The maximum Gasteiger partial charge on any atom is 0.341 e. The molecule has 0 aliphatic rings. The van der Waals surface area contributed by atoms with Gasteiger partial charge in [0.2, 0.25) is 0 Å². The molecule has 0 heterocycles. The zero-order valence-electron chi connectivity index (χ0n) is 8.51. The fourth-order valence-corrected chi connectivity index (χ4v) is 1.99. The van der Waals surface area contributed by atoms with Crippen LogP contribution in [0.4, 0.5) is 0 Å². The van der Waals surface area contributed by atoms with E-state index in [9.17, 15) is 13.2 Å². The molecule has 1 rings (SSSR count). The summed E-state index contributed by atoms with van der Waals surface area (Å²) in [5.41, 5.74) is -0.119. The number of hydrogen-bond donors (Lipinski definition) is 2. The van der Waals surface area contributed by atoms with Gasteiger partial charge in [0.1, 0.15) is 10.5 Å². The molecular weight excluding hydrogens is 365 g/mol. The van der Waals surface area contributed by atoms with Crippen molar-refractivity contribution in [3.63, 3.8) is 0 Å². The number of ether oxygens (including phenoxy) is 1. The quantitative estimate of drug-likeness (QED) is 0.266. The Morgan fingerprint density at radius 3 is 2.59 bits per heavy atom. The van der Waals surface area contributed by atoms with Gasteiger partial charge in [0.25, 0.3) is 10.1 Å². The van der Waals surface area contributed by atoms with Crippen molar-refractivity contribution in [2.45, 2.75) is 4.90 Å². The van der Waals surface area contributed by atoms with Crippen LogP contribution in [-0.2, 0) is 14.9 Å². The van der Waals surface area contributed by atoms with Gasteiger partial charge < -0.3 is 9.57 Å². The van der Waals surface area contributed by atoms with Crippen molar-refractivity contribution < 1.29 is 27.3 Å². The molecule has 0 saturated carbocycles. The lowest BCUT2D eigenvalue weighted by Gasteiger charge is -2.10. The van der Waals surface area contributed by atoms with E-state index in [1.807, 2.05) is 0 Å². The van der Waals surface area contributed by atoms with E-state index in [1.165, 1.54) is 12.1 Å². The molecule has 1 aromatic carbocycles. The summed E-state index contributed by atoms with van der Waals surface area (Å²) in [5, 5.41) is 0. The Balaban J connectivity index is 3.48. The smallest absolute Gasteiger partial charge is 0.341 e. The predicted octanol–water partition coefficient (Wildman–Crippen LogP) is 0.953. The molecule has 0 aromatic heterocycles. The maximum absolute atomic E-state index is 11.4. The lowest BCUT2D eigenvalue weighted by Crippen LogP contribution is -2.14. The van der Waals surface area contributed by atoms with Gasteiger partial charge in [-0.1, -0.05) is 9.76 Å². The van der Waals surface area contributed by atoms with Crippen LogP contribution >= 0.6 is 22.9 Å². The first-order valence-electron chi connectivity index (χ1n) is 4.13. The molecule has 0 aliphatic carbocycles. The number of rotatable bonds is 4. The van der Waals surface area contributed by atoms with Crippen LogP contribution in [-0.4, -0.2) is 26.0 Å². The van der Waals surface area contributed by atoms with Crippen LogP contribution in [0.2, 0.25) is 0 Å². The Kier molecular flexibility index (Phi) is 4.68. The zero-order valence-corrected chi connectivity index (χ0v) is 11.5. The first kappa shape index (κ1) is 14.2. The number of nitrogens with one attached hydrogen (secondary N) is 1. The normalized spacial score (nSPS) is 11.0. The van der Waals surface area contributed by atoms with Gasteiger partial charge in [-0.25, -0.2) is 4.79 Å². The number of halogens is 1. The van der Waals surface area contributed by atoms with E-state index >= 15 is 0 Å². The number of para-hydroxylation sites is 1. The summed E-state index contributed by atoms with van der Waals surface area (Å²) >= 11 is 1.59. The molecule has 0 spiro atoms. The van der Waals surface area contributed by atoms with Crippen LogP contribution in [0.1, 0.15) is 10.4 Å². The fraction of sp³-hybridized carbons (Fsp3) is 0.125. The van der Waals surface area contributed by atoms with E-state index < -0.39 is 21.0 Å². The second-order valence-electron chi connectivity index (χ2n) is 2.78. The van der Waals surface area contributed by atoms with Gasteiger partial charge in [0.05, 0.1) is 30.0 Å². The molecule has 2 N–H and O–H groups in total. The number of esters is 1. The molecule has 94 valence electrons. The summed E-state index contributed by atoms with van der Waals surface area (Å²) in [6.07, 6.45) is 0. The van der Waals surface area contributed by atoms with Crippen molar-refractivity contribution in [1.29, 1.82) is 0 Å². The summed E-state index contributed by atoms with van der Waals surface area (Å²) in [7, 11) is -3.35. The molecule has 0 saturated heterocycles. The highest BCUT2D eigenvalue weighted by molar-refractivity contribution is 14.1. The predicted molar refractivity (Wildman–Crippen MR) is 65.4 cm³/mol. The highest BCUT2D eigenvalue weighted by Crippen LogP contribution is 2.28. The van der Waals surface area contributed by atoms with Crippen molar-refractivity contribution in [2.24, 2.45) is 0 Å². The molecule has 0 aliphatic heterocycles. The minimum atomic E-state index is -4.50. The first-order chi connectivity index (χ1) is 7.91. The average molecular weight is 373 g/mol. The largest absolute Gasteiger partial charge is 0.465 e. The van der Waals surface area contributed by atoms with E-state index in [0.717, 1.165) is 13.2 Å². The molecule has 0 bridgehead atoms. The van der Waals surface area contributed by atoms with Gasteiger partial charge in [-0.15, -0.1) is 0 Å². The molecular formula is C8H8INO6S. The zero-order chi connectivity index (χ0) is 13.1. The molecule has 0 fully saturated rings. The van der Waals surface area contributed by atoms with Gasteiger partial charge >= 0.3 is 5.97 Å². The third kappa shape index (κ3) is 3.28. The topological polar surface area (TPSA) is 102 Å². The number of methoxy groups -OCH3 is 1. The fourth-order valence-electron chi connectivity index (χ4n) is 1.13. The third-order valence-corrected chi connectivity index (χ3v) is 2.90. The Morgan fingerprint density at radius 1 is 1.47 bits per heavy atom.